The zero-order valence-electron chi connectivity index (χ0n) is 12.1. The van der Waals surface area contributed by atoms with E-state index >= 15 is 0 Å². The Balaban J connectivity index is 1.93. The highest BCUT2D eigenvalue weighted by Crippen LogP contribution is 2.15. The van der Waals surface area contributed by atoms with E-state index in [1.54, 1.807) is 4.90 Å². The maximum atomic E-state index is 12.2. The Labute approximate surface area is 120 Å². The van der Waals surface area contributed by atoms with E-state index < -0.39 is 0 Å². The van der Waals surface area contributed by atoms with Crippen LogP contribution in [0.4, 0.5) is 10.5 Å². The summed E-state index contributed by atoms with van der Waals surface area (Å²) < 4.78 is 5.56. The van der Waals surface area contributed by atoms with Gasteiger partial charge in [0.05, 0.1) is 12.7 Å². The predicted molar refractivity (Wildman–Crippen MR) is 79.7 cm³/mol. The molecular formula is C15H23N3O2. The summed E-state index contributed by atoms with van der Waals surface area (Å²) >= 11 is 0. The van der Waals surface area contributed by atoms with Gasteiger partial charge in [-0.1, -0.05) is 19.1 Å². The van der Waals surface area contributed by atoms with Gasteiger partial charge < -0.3 is 20.7 Å². The SMILES string of the molecule is CCC1CN(C(=O)Nc2ccc(C(C)N)cc2)CCO1. The Hall–Kier alpha value is -1.59. The zero-order chi connectivity index (χ0) is 14.5. The van der Waals surface area contributed by atoms with Gasteiger partial charge >= 0.3 is 6.03 Å². The summed E-state index contributed by atoms with van der Waals surface area (Å²) in [5.41, 5.74) is 7.65. The van der Waals surface area contributed by atoms with Crippen LogP contribution in [0, 0.1) is 0 Å². The Morgan fingerprint density at radius 1 is 1.50 bits per heavy atom. The molecule has 5 heteroatoms. The number of urea groups is 1. The van der Waals surface area contributed by atoms with Gasteiger partial charge in [-0.2, -0.15) is 0 Å². The van der Waals surface area contributed by atoms with Crippen LogP contribution in [-0.2, 0) is 4.74 Å². The second-order valence-corrected chi connectivity index (χ2v) is 5.19. The molecule has 2 unspecified atom stereocenters. The number of morpholine rings is 1. The number of anilines is 1. The lowest BCUT2D eigenvalue weighted by atomic mass is 10.1. The number of ether oxygens (including phenoxy) is 1. The third kappa shape index (κ3) is 3.71. The van der Waals surface area contributed by atoms with Crippen molar-refractivity contribution < 1.29 is 9.53 Å². The van der Waals surface area contributed by atoms with E-state index in [-0.39, 0.29) is 18.2 Å². The Bertz CT molecular complexity index is 445. The van der Waals surface area contributed by atoms with Crippen LogP contribution in [0.15, 0.2) is 24.3 Å². The third-order valence-corrected chi connectivity index (χ3v) is 3.57. The van der Waals surface area contributed by atoms with Crippen LogP contribution in [0.5, 0.6) is 0 Å². The van der Waals surface area contributed by atoms with Gasteiger partial charge in [-0.15, -0.1) is 0 Å². The molecular weight excluding hydrogens is 254 g/mol. The fourth-order valence-electron chi connectivity index (χ4n) is 2.22. The molecule has 0 radical (unpaired) electrons. The van der Waals surface area contributed by atoms with Crippen molar-refractivity contribution in [3.63, 3.8) is 0 Å². The van der Waals surface area contributed by atoms with E-state index in [0.29, 0.717) is 19.7 Å². The summed E-state index contributed by atoms with van der Waals surface area (Å²) in [5, 5.41) is 2.91. The van der Waals surface area contributed by atoms with E-state index in [4.69, 9.17) is 10.5 Å². The second-order valence-electron chi connectivity index (χ2n) is 5.19. The molecule has 1 heterocycles. The van der Waals surface area contributed by atoms with E-state index in [1.807, 2.05) is 31.2 Å². The minimum Gasteiger partial charge on any atom is -0.375 e. The number of benzene rings is 1. The molecule has 0 saturated carbocycles. The van der Waals surface area contributed by atoms with Gasteiger partial charge in [-0.25, -0.2) is 4.79 Å². The highest BCUT2D eigenvalue weighted by Gasteiger charge is 2.22. The first-order valence-electron chi connectivity index (χ1n) is 7.13. The highest BCUT2D eigenvalue weighted by atomic mass is 16.5. The molecule has 0 aliphatic carbocycles. The fourth-order valence-corrected chi connectivity index (χ4v) is 2.22. The number of nitrogens with two attached hydrogens (primary N) is 1. The summed E-state index contributed by atoms with van der Waals surface area (Å²) in [7, 11) is 0. The monoisotopic (exact) mass is 277 g/mol. The third-order valence-electron chi connectivity index (χ3n) is 3.57. The van der Waals surface area contributed by atoms with Crippen molar-refractivity contribution in [3.8, 4) is 0 Å². The predicted octanol–water partition coefficient (Wildman–Crippen LogP) is 2.35. The lowest BCUT2D eigenvalue weighted by Crippen LogP contribution is -2.47. The zero-order valence-corrected chi connectivity index (χ0v) is 12.1. The molecule has 0 spiro atoms. The van der Waals surface area contributed by atoms with Gasteiger partial charge in [-0.3, -0.25) is 0 Å². The van der Waals surface area contributed by atoms with E-state index in [1.165, 1.54) is 0 Å². The average Bonchev–Trinajstić information content (AvgIpc) is 2.47. The molecule has 2 atom stereocenters. The van der Waals surface area contributed by atoms with Crippen molar-refractivity contribution in [1.29, 1.82) is 0 Å². The van der Waals surface area contributed by atoms with Gasteiger partial charge in [0, 0.05) is 24.8 Å². The van der Waals surface area contributed by atoms with Gasteiger partial charge in [0.15, 0.2) is 0 Å². The molecule has 1 aliphatic rings. The average molecular weight is 277 g/mol. The summed E-state index contributed by atoms with van der Waals surface area (Å²) in [6, 6.07) is 7.58. The first-order valence-corrected chi connectivity index (χ1v) is 7.13. The Kier molecular flexibility index (Phi) is 4.98. The van der Waals surface area contributed by atoms with Crippen LogP contribution in [0.25, 0.3) is 0 Å². The normalized spacial score (nSPS) is 20.6. The first-order chi connectivity index (χ1) is 9.60. The molecule has 20 heavy (non-hydrogen) atoms. The molecule has 1 aromatic rings. The number of carbonyl (C=O) groups is 1. The lowest BCUT2D eigenvalue weighted by molar-refractivity contribution is -0.0134. The van der Waals surface area contributed by atoms with E-state index in [9.17, 15) is 4.79 Å². The maximum absolute atomic E-state index is 12.2. The smallest absolute Gasteiger partial charge is 0.322 e. The van der Waals surface area contributed by atoms with Gasteiger partial charge in [0.1, 0.15) is 0 Å². The highest BCUT2D eigenvalue weighted by molar-refractivity contribution is 5.89. The number of carbonyl (C=O) groups excluding carboxylic acids is 1. The standard InChI is InChI=1S/C15H23N3O2/c1-3-14-10-18(8-9-20-14)15(19)17-13-6-4-12(5-7-13)11(2)16/h4-7,11,14H,3,8-10,16H2,1-2H3,(H,17,19). The van der Waals surface area contributed by atoms with Crippen LogP contribution in [0.1, 0.15) is 31.9 Å². The number of amides is 2. The quantitative estimate of drug-likeness (QED) is 0.891. The molecule has 3 N–H and O–H groups in total. The topological polar surface area (TPSA) is 67.6 Å². The number of nitrogens with zero attached hydrogens (tertiary/aromatic N) is 1. The van der Waals surface area contributed by atoms with Crippen LogP contribution < -0.4 is 11.1 Å². The molecule has 1 saturated heterocycles. The molecule has 0 bridgehead atoms. The maximum Gasteiger partial charge on any atom is 0.322 e. The van der Waals surface area contributed by atoms with Crippen LogP contribution in [0.2, 0.25) is 0 Å². The largest absolute Gasteiger partial charge is 0.375 e. The minimum absolute atomic E-state index is 0.00399. The fraction of sp³-hybridized carbons (Fsp3) is 0.533. The van der Waals surface area contributed by atoms with Crippen molar-refractivity contribution in [1.82, 2.24) is 4.90 Å². The van der Waals surface area contributed by atoms with Crippen molar-refractivity contribution in [2.45, 2.75) is 32.4 Å². The number of hydrogen-bond acceptors (Lipinski definition) is 3. The van der Waals surface area contributed by atoms with Crippen LogP contribution >= 0.6 is 0 Å². The molecule has 5 nitrogen and oxygen atoms in total. The van der Waals surface area contributed by atoms with Crippen molar-refractivity contribution >= 4 is 11.7 Å². The Morgan fingerprint density at radius 3 is 2.80 bits per heavy atom. The number of hydrogen-bond donors (Lipinski definition) is 2. The molecule has 2 rings (SSSR count). The number of rotatable bonds is 3. The van der Waals surface area contributed by atoms with Gasteiger partial charge in [-0.05, 0) is 31.0 Å². The van der Waals surface area contributed by atoms with Gasteiger partial charge in [0.25, 0.3) is 0 Å². The van der Waals surface area contributed by atoms with E-state index in [0.717, 1.165) is 17.7 Å². The van der Waals surface area contributed by atoms with Gasteiger partial charge in [0.2, 0.25) is 0 Å². The number of nitrogens with one attached hydrogen (secondary N) is 1. The first kappa shape index (κ1) is 14.8. The molecule has 1 aliphatic heterocycles. The molecule has 1 fully saturated rings. The minimum atomic E-state index is -0.0692. The molecule has 0 aromatic heterocycles. The van der Waals surface area contributed by atoms with Crippen LogP contribution in [0.3, 0.4) is 0 Å². The second kappa shape index (κ2) is 6.72. The summed E-state index contributed by atoms with van der Waals surface area (Å²) in [5.74, 6) is 0. The van der Waals surface area contributed by atoms with Crippen molar-refractivity contribution in [3.05, 3.63) is 29.8 Å². The summed E-state index contributed by atoms with van der Waals surface area (Å²) in [6.45, 7) is 5.90. The molecule has 1 aromatic carbocycles. The Morgan fingerprint density at radius 2 is 2.20 bits per heavy atom. The van der Waals surface area contributed by atoms with Crippen LogP contribution in [-0.4, -0.2) is 36.7 Å². The van der Waals surface area contributed by atoms with Crippen molar-refractivity contribution in [2.24, 2.45) is 5.73 Å². The summed E-state index contributed by atoms with van der Waals surface area (Å²) in [4.78, 5) is 14.0. The van der Waals surface area contributed by atoms with Crippen molar-refractivity contribution in [2.75, 3.05) is 25.0 Å². The molecule has 110 valence electrons. The lowest BCUT2D eigenvalue weighted by Gasteiger charge is -2.32. The summed E-state index contributed by atoms with van der Waals surface area (Å²) in [6.07, 6.45) is 1.07. The van der Waals surface area contributed by atoms with E-state index in [2.05, 4.69) is 12.2 Å². The molecule has 2 amide bonds.